The third-order valence-electron chi connectivity index (χ3n) is 9.54. The predicted octanol–water partition coefficient (Wildman–Crippen LogP) is 4.20. The Morgan fingerprint density at radius 1 is 1.05 bits per heavy atom. The third kappa shape index (κ3) is 10.1. The van der Waals surface area contributed by atoms with Crippen LogP contribution in [0.1, 0.15) is 99.8 Å². The van der Waals surface area contributed by atoms with E-state index in [9.17, 15) is 33.9 Å². The fourth-order valence-corrected chi connectivity index (χ4v) is 6.30. The van der Waals surface area contributed by atoms with Crippen molar-refractivity contribution < 1.29 is 48.1 Å². The molecule has 1 amide bonds. The molecule has 0 aliphatic carbocycles. The van der Waals surface area contributed by atoms with Gasteiger partial charge in [0.1, 0.15) is 25.4 Å². The van der Waals surface area contributed by atoms with E-state index in [2.05, 4.69) is 5.92 Å². The van der Waals surface area contributed by atoms with Gasteiger partial charge in [-0.3, -0.25) is 28.8 Å². The summed E-state index contributed by atoms with van der Waals surface area (Å²) < 4.78 is 15.6. The molecule has 1 heterocycles. The van der Waals surface area contributed by atoms with E-state index in [1.807, 2.05) is 32.6 Å². The van der Waals surface area contributed by atoms with E-state index >= 15 is 0 Å². The van der Waals surface area contributed by atoms with Gasteiger partial charge in [0.15, 0.2) is 6.61 Å². The van der Waals surface area contributed by atoms with Gasteiger partial charge in [-0.2, -0.15) is 0 Å². The Bertz CT molecular complexity index is 1080. The first-order valence-electron chi connectivity index (χ1n) is 15.6. The van der Waals surface area contributed by atoms with Gasteiger partial charge in [-0.05, 0) is 63.7 Å². The number of rotatable bonds is 20. The minimum Gasteiger partial charge on any atom is -0.481 e. The number of aliphatic carboxylic acids is 1. The molecule has 1 rings (SSSR count). The van der Waals surface area contributed by atoms with Crippen molar-refractivity contribution in [3.8, 4) is 12.3 Å². The van der Waals surface area contributed by atoms with Crippen molar-refractivity contribution in [1.82, 2.24) is 4.90 Å². The summed E-state index contributed by atoms with van der Waals surface area (Å²) in [5, 5.41) is 10.7. The molecule has 0 spiro atoms. The van der Waals surface area contributed by atoms with Crippen LogP contribution in [0.15, 0.2) is 0 Å². The van der Waals surface area contributed by atoms with Gasteiger partial charge >= 0.3 is 23.9 Å². The summed E-state index contributed by atoms with van der Waals surface area (Å²) in [5.74, 6) is -3.88. The molecular formula is C33H51NO10. The number of esters is 3. The maximum atomic E-state index is 13.5. The highest BCUT2D eigenvalue weighted by atomic mass is 16.6. The molecule has 1 saturated heterocycles. The quantitative estimate of drug-likeness (QED) is 0.0688. The molecule has 1 aliphatic heterocycles. The molecule has 0 bridgehead atoms. The molecule has 248 valence electrons. The summed E-state index contributed by atoms with van der Waals surface area (Å²) in [7, 11) is 0. The molecule has 1 N–H and O–H groups in total. The van der Waals surface area contributed by atoms with Crippen molar-refractivity contribution >= 4 is 35.6 Å². The molecule has 0 aromatic carbocycles. The Morgan fingerprint density at radius 2 is 1.68 bits per heavy atom. The smallest absolute Gasteiger partial charge is 0.313 e. The molecular weight excluding hydrogens is 570 g/mol. The number of nitrogens with zero attached hydrogens (tertiary/aromatic N) is 1. The van der Waals surface area contributed by atoms with Crippen LogP contribution in [0, 0.1) is 40.9 Å². The topological polar surface area (TPSA) is 154 Å². The number of hydrogen-bond acceptors (Lipinski definition) is 9. The lowest BCUT2D eigenvalue weighted by Crippen LogP contribution is -2.52. The zero-order chi connectivity index (χ0) is 33.7. The second-order valence-corrected chi connectivity index (χ2v) is 12.2. The average molecular weight is 622 g/mol. The SMILES string of the molecule is C#CCOC(=O)C(CCC(C)(CC)C(=O)OCCOC(=O)CC(C)=O)C(C(=O)O)C(C)(CC)C(C)C(CC)N1CCCC1=O. The molecule has 0 aromatic heterocycles. The number of ketones is 1. The van der Waals surface area contributed by atoms with Crippen molar-refractivity contribution in [2.24, 2.45) is 28.6 Å². The van der Waals surface area contributed by atoms with Crippen molar-refractivity contribution in [3.63, 3.8) is 0 Å². The van der Waals surface area contributed by atoms with E-state index in [-0.39, 0.29) is 62.7 Å². The second-order valence-electron chi connectivity index (χ2n) is 12.2. The lowest BCUT2D eigenvalue weighted by atomic mass is 9.59. The van der Waals surface area contributed by atoms with Gasteiger partial charge in [0.2, 0.25) is 5.91 Å². The fraction of sp³-hybridized carbons (Fsp3) is 0.758. The molecule has 11 heteroatoms. The summed E-state index contributed by atoms with van der Waals surface area (Å²) >= 11 is 0. The Hall–Kier alpha value is -3.42. The number of terminal acetylenes is 1. The molecule has 1 fully saturated rings. The van der Waals surface area contributed by atoms with E-state index in [4.69, 9.17) is 20.6 Å². The first kappa shape index (κ1) is 38.6. The summed E-state index contributed by atoms with van der Waals surface area (Å²) in [5.41, 5.74) is -2.01. The number of carbonyl (C=O) groups is 6. The minimum absolute atomic E-state index is 0.00908. The lowest BCUT2D eigenvalue weighted by molar-refractivity contribution is -0.168. The maximum absolute atomic E-state index is 13.5. The van der Waals surface area contributed by atoms with E-state index in [0.717, 1.165) is 6.42 Å². The molecule has 44 heavy (non-hydrogen) atoms. The van der Waals surface area contributed by atoms with Crippen LogP contribution in [-0.2, 0) is 43.0 Å². The largest absolute Gasteiger partial charge is 0.481 e. The van der Waals surface area contributed by atoms with Gasteiger partial charge in [0.05, 0.1) is 17.3 Å². The van der Waals surface area contributed by atoms with Crippen molar-refractivity contribution in [2.45, 2.75) is 106 Å². The van der Waals surface area contributed by atoms with Crippen LogP contribution < -0.4 is 0 Å². The molecule has 1 aliphatic rings. The van der Waals surface area contributed by atoms with Gasteiger partial charge in [0.25, 0.3) is 0 Å². The van der Waals surface area contributed by atoms with Crippen LogP contribution in [0.2, 0.25) is 0 Å². The fourth-order valence-electron chi connectivity index (χ4n) is 6.30. The molecule has 6 unspecified atom stereocenters. The predicted molar refractivity (Wildman–Crippen MR) is 162 cm³/mol. The summed E-state index contributed by atoms with van der Waals surface area (Å²) in [6.07, 6.45) is 7.67. The summed E-state index contributed by atoms with van der Waals surface area (Å²) in [4.78, 5) is 76.8. The standard InChI is InChI=1S/C33H51NO10/c1-9-18-43-30(40)24(15-16-32(7,11-3)31(41)44-20-19-42-27(37)21-22(5)35)28(29(38)39)33(8,12-4)23(6)25(10-2)34-17-13-14-26(34)36/h1,23-25,28H,10-21H2,2-8H3,(H,38,39). The van der Waals surface area contributed by atoms with E-state index in [1.54, 1.807) is 13.8 Å². The number of carboxylic acids is 1. The highest BCUT2D eigenvalue weighted by Gasteiger charge is 2.52. The van der Waals surface area contributed by atoms with Gasteiger partial charge in [-0.25, -0.2) is 0 Å². The number of Topliss-reactive ketones (excluding diaryl/α,β-unsaturated/α-hetero) is 1. The lowest BCUT2D eigenvalue weighted by Gasteiger charge is -2.47. The van der Waals surface area contributed by atoms with Crippen molar-refractivity contribution in [2.75, 3.05) is 26.4 Å². The van der Waals surface area contributed by atoms with Gasteiger partial charge < -0.3 is 24.2 Å². The highest BCUT2D eigenvalue weighted by molar-refractivity contribution is 5.94. The van der Waals surface area contributed by atoms with E-state index < -0.39 is 46.5 Å². The Balaban J connectivity index is 3.29. The maximum Gasteiger partial charge on any atom is 0.313 e. The van der Waals surface area contributed by atoms with Crippen molar-refractivity contribution in [3.05, 3.63) is 0 Å². The van der Waals surface area contributed by atoms with Gasteiger partial charge in [0, 0.05) is 19.0 Å². The first-order valence-corrected chi connectivity index (χ1v) is 15.6. The van der Waals surface area contributed by atoms with Crippen molar-refractivity contribution in [1.29, 1.82) is 0 Å². The average Bonchev–Trinajstić information content (AvgIpc) is 3.40. The summed E-state index contributed by atoms with van der Waals surface area (Å²) in [6.45, 7) is 12.2. The normalized spacial score (nSPS) is 18.5. The Labute approximate surface area is 261 Å². The highest BCUT2D eigenvalue weighted by Crippen LogP contribution is 2.48. The number of likely N-dealkylation sites (tertiary alicyclic amines) is 1. The number of carbonyl (C=O) groups excluding carboxylic acids is 5. The van der Waals surface area contributed by atoms with Crippen LogP contribution in [-0.4, -0.2) is 78.0 Å². The number of carboxylic acid groups (broad SMARTS) is 1. The Kier molecular flexibility index (Phi) is 15.6. The molecule has 0 aromatic rings. The van der Waals surface area contributed by atoms with Crippen LogP contribution in [0.3, 0.4) is 0 Å². The first-order chi connectivity index (χ1) is 20.6. The molecule has 11 nitrogen and oxygen atoms in total. The van der Waals surface area contributed by atoms with E-state index in [1.165, 1.54) is 6.92 Å². The molecule has 0 radical (unpaired) electrons. The second kappa shape index (κ2) is 17.8. The summed E-state index contributed by atoms with van der Waals surface area (Å²) in [6, 6.07) is -0.209. The van der Waals surface area contributed by atoms with Crippen LogP contribution in [0.25, 0.3) is 0 Å². The third-order valence-corrected chi connectivity index (χ3v) is 9.54. The Morgan fingerprint density at radius 3 is 2.16 bits per heavy atom. The van der Waals surface area contributed by atoms with Gasteiger partial charge in [-0.15, -0.1) is 6.42 Å². The zero-order valence-electron chi connectivity index (χ0n) is 27.4. The van der Waals surface area contributed by atoms with Crippen LogP contribution in [0.4, 0.5) is 0 Å². The number of amides is 1. The molecule has 6 atom stereocenters. The van der Waals surface area contributed by atoms with Crippen LogP contribution in [0.5, 0.6) is 0 Å². The zero-order valence-corrected chi connectivity index (χ0v) is 27.4. The van der Waals surface area contributed by atoms with Crippen LogP contribution >= 0.6 is 0 Å². The number of hydrogen-bond donors (Lipinski definition) is 1. The minimum atomic E-state index is -1.20. The monoisotopic (exact) mass is 621 g/mol. The van der Waals surface area contributed by atoms with E-state index in [0.29, 0.717) is 32.2 Å². The van der Waals surface area contributed by atoms with Gasteiger partial charge in [-0.1, -0.05) is 40.5 Å². The molecule has 0 saturated carbocycles. The number of ether oxygens (including phenoxy) is 3.